The molecule has 1 aromatic carbocycles. The second-order valence-corrected chi connectivity index (χ2v) is 2.47. The Morgan fingerprint density at radius 1 is 1.38 bits per heavy atom. The fourth-order valence-electron chi connectivity index (χ4n) is 1.19. The fourth-order valence-corrected chi connectivity index (χ4v) is 1.19. The average molecular weight is 172 g/mol. The molecule has 5 nitrogen and oxygen atoms in total. The second-order valence-electron chi connectivity index (χ2n) is 2.47. The summed E-state index contributed by atoms with van der Waals surface area (Å²) in [6.07, 6.45) is 0. The molecular weight excluding hydrogens is 168 g/mol. The monoisotopic (exact) mass is 172 g/mol. The Bertz CT molecular complexity index is 540. The van der Waals surface area contributed by atoms with Crippen molar-refractivity contribution < 1.29 is 4.79 Å². The number of benzene rings is 1. The molecule has 62 valence electrons. The van der Waals surface area contributed by atoms with Crippen LogP contribution in [0.2, 0.25) is 0 Å². The summed E-state index contributed by atoms with van der Waals surface area (Å²) in [5.41, 5.74) is 8.30. The van der Waals surface area contributed by atoms with E-state index in [1.54, 1.807) is 24.3 Å². The Morgan fingerprint density at radius 2 is 2.15 bits per heavy atom. The van der Waals surface area contributed by atoms with E-state index in [9.17, 15) is 4.79 Å². The number of rotatable bonds is 1. The zero-order valence-corrected chi connectivity index (χ0v) is 6.51. The first kappa shape index (κ1) is 7.52. The second kappa shape index (κ2) is 2.73. The quantitative estimate of drug-likeness (QED) is 0.340. The average Bonchev–Trinajstić information content (AvgIpc) is 2.44. The first-order valence-corrected chi connectivity index (χ1v) is 3.60. The van der Waals surface area contributed by atoms with Crippen molar-refractivity contribution in [1.82, 2.24) is 0 Å². The van der Waals surface area contributed by atoms with Crippen LogP contribution >= 0.6 is 0 Å². The number of azide groups is 1. The molecule has 0 unspecified atom stereocenters. The summed E-state index contributed by atoms with van der Waals surface area (Å²) in [6.45, 7) is 0. The standard InChI is InChI=1S/C8H4N4O/c9-12-11-7-5-3-1-2-4-6(5)10-8(7)13/h1-4H. The highest BCUT2D eigenvalue weighted by Gasteiger charge is 2.13. The Balaban J connectivity index is 2.91. The fraction of sp³-hybridized carbons (Fsp3) is 0. The van der Waals surface area contributed by atoms with Gasteiger partial charge in [-0.15, -0.1) is 0 Å². The molecule has 1 aliphatic heterocycles. The van der Waals surface area contributed by atoms with Gasteiger partial charge in [0.25, 0.3) is 5.91 Å². The Labute approximate surface area is 72.7 Å². The molecule has 0 spiro atoms. The van der Waals surface area contributed by atoms with Crippen LogP contribution in [-0.2, 0) is 4.79 Å². The maximum absolute atomic E-state index is 11.2. The summed E-state index contributed by atoms with van der Waals surface area (Å²) in [4.78, 5) is 17.4. The predicted octanol–water partition coefficient (Wildman–Crippen LogP) is 0.265. The zero-order chi connectivity index (χ0) is 9.26. The molecule has 0 fully saturated rings. The molecular formula is C8H4N4O. The molecule has 0 saturated heterocycles. The van der Waals surface area contributed by atoms with Gasteiger partial charge in [0, 0.05) is 10.1 Å². The van der Waals surface area contributed by atoms with E-state index >= 15 is 0 Å². The summed E-state index contributed by atoms with van der Waals surface area (Å²) < 4.78 is 0. The minimum Gasteiger partial charge on any atom is -0.267 e. The van der Waals surface area contributed by atoms with Crippen LogP contribution in [0.4, 0.5) is 0 Å². The van der Waals surface area contributed by atoms with Gasteiger partial charge >= 0.3 is 0 Å². The van der Waals surface area contributed by atoms with Gasteiger partial charge in [-0.1, -0.05) is 23.3 Å². The van der Waals surface area contributed by atoms with Crippen LogP contribution < -0.4 is 10.6 Å². The van der Waals surface area contributed by atoms with Crippen LogP contribution in [0, 0.1) is 0 Å². The zero-order valence-electron chi connectivity index (χ0n) is 6.51. The highest BCUT2D eigenvalue weighted by Crippen LogP contribution is 2.01. The number of hydrogen-bond acceptors (Lipinski definition) is 2. The minimum absolute atomic E-state index is 0.0816. The van der Waals surface area contributed by atoms with Gasteiger partial charge in [0.15, 0.2) is 0 Å². The van der Waals surface area contributed by atoms with E-state index in [0.29, 0.717) is 10.6 Å². The Kier molecular flexibility index (Phi) is 1.58. The molecule has 0 saturated carbocycles. The van der Waals surface area contributed by atoms with Gasteiger partial charge in [-0.3, -0.25) is 4.79 Å². The number of carbonyl (C=O) groups is 1. The minimum atomic E-state index is -0.473. The summed E-state index contributed by atoms with van der Waals surface area (Å²) in [6, 6.07) is 6.94. The van der Waals surface area contributed by atoms with E-state index in [-0.39, 0.29) is 5.70 Å². The van der Waals surface area contributed by atoms with Crippen LogP contribution in [0.25, 0.3) is 16.1 Å². The highest BCUT2D eigenvalue weighted by molar-refractivity contribution is 6.14. The van der Waals surface area contributed by atoms with Crippen molar-refractivity contribution in [2.75, 3.05) is 0 Å². The van der Waals surface area contributed by atoms with Crippen molar-refractivity contribution >= 4 is 11.6 Å². The summed E-state index contributed by atoms with van der Waals surface area (Å²) in [7, 11) is 0. The summed E-state index contributed by atoms with van der Waals surface area (Å²) in [5.74, 6) is -0.473. The molecule has 1 heterocycles. The van der Waals surface area contributed by atoms with Crippen LogP contribution in [0.15, 0.2) is 34.4 Å². The van der Waals surface area contributed by atoms with Gasteiger partial charge in [-0.05, 0) is 11.6 Å². The highest BCUT2D eigenvalue weighted by atomic mass is 16.1. The molecule has 0 aliphatic carbocycles. The van der Waals surface area contributed by atoms with Gasteiger partial charge in [-0.2, -0.15) is 0 Å². The number of fused-ring (bicyclic) bond motifs is 1. The van der Waals surface area contributed by atoms with Crippen molar-refractivity contribution in [2.45, 2.75) is 0 Å². The lowest BCUT2D eigenvalue weighted by atomic mass is 10.2. The van der Waals surface area contributed by atoms with Gasteiger partial charge in [0.05, 0.1) is 5.36 Å². The lowest BCUT2D eigenvalue weighted by Crippen LogP contribution is -2.21. The third kappa shape index (κ3) is 1.07. The summed E-state index contributed by atoms with van der Waals surface area (Å²) in [5, 5.41) is 4.47. The maximum Gasteiger partial charge on any atom is 0.280 e. The third-order valence-electron chi connectivity index (χ3n) is 1.73. The molecule has 0 bridgehead atoms. The van der Waals surface area contributed by atoms with Gasteiger partial charge < -0.3 is 0 Å². The molecule has 0 radical (unpaired) electrons. The van der Waals surface area contributed by atoms with E-state index < -0.39 is 5.91 Å². The van der Waals surface area contributed by atoms with Gasteiger partial charge in [0.1, 0.15) is 5.70 Å². The Morgan fingerprint density at radius 3 is 2.92 bits per heavy atom. The van der Waals surface area contributed by atoms with Crippen molar-refractivity contribution in [1.29, 1.82) is 0 Å². The van der Waals surface area contributed by atoms with Crippen molar-refractivity contribution in [3.63, 3.8) is 0 Å². The number of para-hydroxylation sites is 1. The largest absolute Gasteiger partial charge is 0.280 e. The van der Waals surface area contributed by atoms with Crippen molar-refractivity contribution in [2.24, 2.45) is 10.1 Å². The van der Waals surface area contributed by atoms with Crippen LogP contribution in [0.3, 0.4) is 0 Å². The molecule has 0 atom stereocenters. The molecule has 13 heavy (non-hydrogen) atoms. The normalized spacial score (nSPS) is 13.2. The smallest absolute Gasteiger partial charge is 0.267 e. The van der Waals surface area contributed by atoms with Gasteiger partial charge in [0.2, 0.25) is 0 Å². The third-order valence-corrected chi connectivity index (χ3v) is 1.73. The number of amides is 1. The first-order chi connectivity index (χ1) is 6.33. The number of nitrogens with zero attached hydrogens (tertiary/aromatic N) is 4. The lowest BCUT2D eigenvalue weighted by Gasteiger charge is -1.83. The SMILES string of the molecule is [N-]=[N+]=NC1=c2ccccc2=NC1=O. The molecule has 1 amide bonds. The summed E-state index contributed by atoms with van der Waals surface area (Å²) >= 11 is 0. The van der Waals surface area contributed by atoms with Crippen molar-refractivity contribution in [3.05, 3.63) is 45.3 Å². The topological polar surface area (TPSA) is 78.2 Å². The molecule has 0 N–H and O–H groups in total. The van der Waals surface area contributed by atoms with Gasteiger partial charge in [-0.25, -0.2) is 4.99 Å². The number of carbonyl (C=O) groups excluding carboxylic acids is 1. The van der Waals surface area contributed by atoms with Crippen LogP contribution in [-0.4, -0.2) is 5.91 Å². The molecule has 2 rings (SSSR count). The molecule has 1 aliphatic rings. The van der Waals surface area contributed by atoms with Crippen LogP contribution in [0.5, 0.6) is 0 Å². The van der Waals surface area contributed by atoms with E-state index in [1.807, 2.05) is 0 Å². The first-order valence-electron chi connectivity index (χ1n) is 3.60. The predicted molar refractivity (Wildman–Crippen MR) is 44.8 cm³/mol. The van der Waals surface area contributed by atoms with E-state index in [0.717, 1.165) is 0 Å². The van der Waals surface area contributed by atoms with E-state index in [2.05, 4.69) is 15.0 Å². The van der Waals surface area contributed by atoms with Crippen molar-refractivity contribution in [3.8, 4) is 0 Å². The van der Waals surface area contributed by atoms with E-state index in [4.69, 9.17) is 5.53 Å². The maximum atomic E-state index is 11.2. The molecule has 5 heteroatoms. The number of hydrogen-bond donors (Lipinski definition) is 0. The Hall–Kier alpha value is -2.13. The molecule has 0 aromatic heterocycles. The van der Waals surface area contributed by atoms with Crippen LogP contribution in [0.1, 0.15) is 0 Å². The molecule has 1 aromatic rings. The lowest BCUT2D eigenvalue weighted by molar-refractivity contribution is -0.112. The van der Waals surface area contributed by atoms with E-state index in [1.165, 1.54) is 0 Å².